The molecule has 1 rings (SSSR count). The van der Waals surface area contributed by atoms with Crippen LogP contribution in [0.1, 0.15) is 10.4 Å². The summed E-state index contributed by atoms with van der Waals surface area (Å²) in [6.45, 7) is 0. The van der Waals surface area contributed by atoms with Crippen molar-refractivity contribution in [2.75, 3.05) is 4.44 Å². The average Bonchev–Trinajstić information content (AvgIpc) is 2.04. The predicted octanol–water partition coefficient (Wildman–Crippen LogP) is 1.77. The number of hydrogen-bond donors (Lipinski definition) is 1. The fourth-order valence-corrected chi connectivity index (χ4v) is 1.33. The lowest BCUT2D eigenvalue weighted by atomic mass is 10.2. The van der Waals surface area contributed by atoms with Crippen LogP contribution in [-0.2, 0) is 0 Å². The first-order chi connectivity index (χ1) is 5.63. The molecule has 0 fully saturated rings. The van der Waals surface area contributed by atoms with Crippen LogP contribution in [0.25, 0.3) is 0 Å². The molecule has 0 saturated carbocycles. The maximum atomic E-state index is 10.7. The normalized spacial score (nSPS) is 9.50. The largest absolute Gasteiger partial charge is 0.478 e. The lowest BCUT2D eigenvalue weighted by Gasteiger charge is -2.13. The Labute approximate surface area is 75.3 Å². The minimum absolute atomic E-state index is 0.294. The second-order valence-electron chi connectivity index (χ2n) is 2.23. The zero-order chi connectivity index (χ0) is 9.14. The van der Waals surface area contributed by atoms with Crippen molar-refractivity contribution in [2.24, 2.45) is 0 Å². The predicted molar refractivity (Wildman–Crippen MR) is 55.3 cm³/mol. The Morgan fingerprint density at radius 3 is 2.33 bits per heavy atom. The number of para-hydroxylation sites is 1. The Bertz CT molecular complexity index is 301. The summed E-state index contributed by atoms with van der Waals surface area (Å²) in [5, 5.41) is 8.77. The third kappa shape index (κ3) is 1.94. The van der Waals surface area contributed by atoms with Crippen LogP contribution in [0, 0.1) is 0 Å². The van der Waals surface area contributed by atoms with E-state index in [1.54, 1.807) is 28.7 Å². The van der Waals surface area contributed by atoms with Crippen LogP contribution in [0.5, 0.6) is 0 Å². The minimum atomic E-state index is -0.916. The van der Waals surface area contributed by atoms with E-state index in [1.807, 2.05) is 0 Å². The van der Waals surface area contributed by atoms with E-state index in [1.165, 1.54) is 0 Å². The number of benzene rings is 1. The number of anilines is 1. The molecule has 0 radical (unpaired) electrons. The van der Waals surface area contributed by atoms with Gasteiger partial charge in [0, 0.05) is 0 Å². The van der Waals surface area contributed by atoms with Crippen molar-refractivity contribution in [3.8, 4) is 0 Å². The van der Waals surface area contributed by atoms with Gasteiger partial charge in [-0.25, -0.2) is 4.79 Å². The quantitative estimate of drug-likeness (QED) is 0.741. The standard InChI is InChI=1S/C7H9NO2P2/c9-7(10)5-3-1-2-4-6(5)8(11)12/h1-4H,11-12H2,(H,9,10). The number of rotatable bonds is 2. The Hall–Kier alpha value is -0.650. The van der Waals surface area contributed by atoms with Crippen LogP contribution in [0.15, 0.2) is 24.3 Å². The fraction of sp³-hybridized carbons (Fsp3) is 0. The highest BCUT2D eigenvalue weighted by molar-refractivity contribution is 7.39. The molecule has 3 nitrogen and oxygen atoms in total. The molecule has 12 heavy (non-hydrogen) atoms. The molecule has 2 atom stereocenters. The van der Waals surface area contributed by atoms with Gasteiger partial charge in [-0.3, -0.25) is 0 Å². The van der Waals surface area contributed by atoms with E-state index in [0.717, 1.165) is 0 Å². The maximum Gasteiger partial charge on any atom is 0.337 e. The van der Waals surface area contributed by atoms with E-state index in [0.29, 0.717) is 11.3 Å². The maximum absolute atomic E-state index is 10.7. The van der Waals surface area contributed by atoms with E-state index >= 15 is 0 Å². The minimum Gasteiger partial charge on any atom is -0.478 e. The molecule has 0 heterocycles. The first kappa shape index (κ1) is 9.44. The summed E-state index contributed by atoms with van der Waals surface area (Å²) >= 11 is 0. The van der Waals surface area contributed by atoms with Gasteiger partial charge in [-0.1, -0.05) is 12.1 Å². The smallest absolute Gasteiger partial charge is 0.337 e. The van der Waals surface area contributed by atoms with Gasteiger partial charge in [0.1, 0.15) is 0 Å². The van der Waals surface area contributed by atoms with Crippen LogP contribution in [0.3, 0.4) is 0 Å². The summed E-state index contributed by atoms with van der Waals surface area (Å²) in [6.07, 6.45) is 0. The number of carboxylic acids is 1. The molecule has 0 aromatic heterocycles. The topological polar surface area (TPSA) is 40.5 Å². The Morgan fingerprint density at radius 2 is 1.92 bits per heavy atom. The van der Waals surface area contributed by atoms with Crippen molar-refractivity contribution in [1.29, 1.82) is 0 Å². The second-order valence-corrected chi connectivity index (χ2v) is 3.94. The first-order valence-corrected chi connectivity index (χ1v) is 4.28. The molecule has 64 valence electrons. The van der Waals surface area contributed by atoms with Gasteiger partial charge in [0.2, 0.25) is 0 Å². The van der Waals surface area contributed by atoms with Gasteiger partial charge in [-0.15, -0.1) is 0 Å². The number of nitrogens with zero attached hydrogens (tertiary/aromatic N) is 1. The van der Waals surface area contributed by atoms with E-state index in [9.17, 15) is 4.79 Å². The summed E-state index contributed by atoms with van der Waals surface area (Å²) < 4.78 is 1.61. The van der Waals surface area contributed by atoms with Gasteiger partial charge in [-0.2, -0.15) is 0 Å². The van der Waals surface area contributed by atoms with Crippen molar-refractivity contribution in [3.05, 3.63) is 29.8 Å². The molecular weight excluding hydrogens is 192 g/mol. The highest BCUT2D eigenvalue weighted by Crippen LogP contribution is 2.26. The number of carbonyl (C=O) groups is 1. The molecule has 0 saturated heterocycles. The fourth-order valence-electron chi connectivity index (χ4n) is 0.880. The molecule has 0 aliphatic heterocycles. The SMILES string of the molecule is O=C(O)c1ccccc1N(P)P. The third-order valence-corrected chi connectivity index (χ3v) is 1.97. The summed E-state index contributed by atoms with van der Waals surface area (Å²) in [6, 6.07) is 6.80. The van der Waals surface area contributed by atoms with Gasteiger partial charge in [0.15, 0.2) is 0 Å². The molecule has 0 bridgehead atoms. The molecular formula is C7H9NO2P2. The van der Waals surface area contributed by atoms with Crippen molar-refractivity contribution in [1.82, 2.24) is 0 Å². The monoisotopic (exact) mass is 201 g/mol. The molecule has 0 aliphatic carbocycles. The number of hydrogen-bond acceptors (Lipinski definition) is 2. The summed E-state index contributed by atoms with van der Waals surface area (Å²) in [7, 11) is 4.77. The van der Waals surface area contributed by atoms with E-state index in [4.69, 9.17) is 5.11 Å². The van der Waals surface area contributed by atoms with Crippen molar-refractivity contribution in [3.63, 3.8) is 0 Å². The lowest BCUT2D eigenvalue weighted by molar-refractivity contribution is 0.0698. The zero-order valence-electron chi connectivity index (χ0n) is 6.27. The molecule has 0 spiro atoms. The molecule has 1 aromatic carbocycles. The molecule has 2 unspecified atom stereocenters. The second kappa shape index (κ2) is 3.84. The number of aromatic carboxylic acids is 1. The Morgan fingerprint density at radius 1 is 1.33 bits per heavy atom. The molecule has 0 amide bonds. The van der Waals surface area contributed by atoms with E-state index < -0.39 is 5.97 Å². The highest BCUT2D eigenvalue weighted by Gasteiger charge is 2.09. The third-order valence-electron chi connectivity index (χ3n) is 1.41. The highest BCUT2D eigenvalue weighted by atomic mass is 31.1. The molecule has 5 heteroatoms. The van der Waals surface area contributed by atoms with Gasteiger partial charge >= 0.3 is 5.97 Å². The molecule has 0 aliphatic rings. The molecule has 1 aromatic rings. The first-order valence-electron chi connectivity index (χ1n) is 3.25. The zero-order valence-corrected chi connectivity index (χ0v) is 8.58. The van der Waals surface area contributed by atoms with E-state index in [2.05, 4.69) is 18.8 Å². The van der Waals surface area contributed by atoms with Crippen LogP contribution in [0.4, 0.5) is 5.69 Å². The lowest BCUT2D eigenvalue weighted by Crippen LogP contribution is -2.02. The van der Waals surface area contributed by atoms with Crippen molar-refractivity contribution < 1.29 is 9.90 Å². The Kier molecular flexibility index (Phi) is 3.02. The van der Waals surface area contributed by atoms with Gasteiger partial charge in [-0.05, 0) is 30.9 Å². The van der Waals surface area contributed by atoms with Gasteiger partial charge in [0.25, 0.3) is 0 Å². The average molecular weight is 201 g/mol. The van der Waals surface area contributed by atoms with Crippen molar-refractivity contribution in [2.45, 2.75) is 0 Å². The molecule has 1 N–H and O–H groups in total. The van der Waals surface area contributed by atoms with Crippen LogP contribution < -0.4 is 4.44 Å². The van der Waals surface area contributed by atoms with E-state index in [-0.39, 0.29) is 0 Å². The van der Waals surface area contributed by atoms with Gasteiger partial charge in [0.05, 0.1) is 11.3 Å². The summed E-state index contributed by atoms with van der Waals surface area (Å²) in [5.41, 5.74) is 0.947. The van der Waals surface area contributed by atoms with Crippen LogP contribution in [0.2, 0.25) is 0 Å². The Balaban J connectivity index is 3.17. The number of carboxylic acid groups (broad SMARTS) is 1. The summed E-state index contributed by atoms with van der Waals surface area (Å²) in [5.74, 6) is -0.916. The summed E-state index contributed by atoms with van der Waals surface area (Å²) in [4.78, 5) is 10.7. The van der Waals surface area contributed by atoms with Crippen molar-refractivity contribution >= 4 is 30.4 Å². The van der Waals surface area contributed by atoms with Crippen LogP contribution >= 0.6 is 18.8 Å². The van der Waals surface area contributed by atoms with Crippen LogP contribution in [-0.4, -0.2) is 11.1 Å². The van der Waals surface area contributed by atoms with Gasteiger partial charge < -0.3 is 9.55 Å².